The van der Waals surface area contributed by atoms with Crippen LogP contribution in [0.1, 0.15) is 18.9 Å². The number of rotatable bonds is 10. The summed E-state index contributed by atoms with van der Waals surface area (Å²) in [4.78, 5) is 23.2. The molecule has 0 aliphatic carbocycles. The Labute approximate surface area is 172 Å². The van der Waals surface area contributed by atoms with Crippen LogP contribution in [0.5, 0.6) is 0 Å². The minimum atomic E-state index is -0.590. The Morgan fingerprint density at radius 3 is 2.67 bits per heavy atom. The molecule has 0 amide bonds. The number of nitrogens with one attached hydrogen (secondary N) is 2. The number of anilines is 2. The molecule has 1 heterocycles. The van der Waals surface area contributed by atoms with Gasteiger partial charge >= 0.3 is 0 Å². The minimum Gasteiger partial charge on any atom is -0.370 e. The van der Waals surface area contributed by atoms with Crippen molar-refractivity contribution in [1.82, 2.24) is 15.0 Å². The molecular formula is C20H21FN6O3. The van der Waals surface area contributed by atoms with Crippen molar-refractivity contribution in [3.8, 4) is 0 Å². The summed E-state index contributed by atoms with van der Waals surface area (Å²) in [6.07, 6.45) is 2.11. The van der Waals surface area contributed by atoms with Gasteiger partial charge in [-0.2, -0.15) is 0 Å². The van der Waals surface area contributed by atoms with Crippen LogP contribution in [-0.4, -0.2) is 38.3 Å². The zero-order valence-electron chi connectivity index (χ0n) is 16.3. The molecule has 2 aromatic carbocycles. The summed E-state index contributed by atoms with van der Waals surface area (Å²) >= 11 is 0. The van der Waals surface area contributed by atoms with Crippen molar-refractivity contribution in [3.63, 3.8) is 0 Å². The maximum Gasteiger partial charge on any atom is 0.292 e. The molecule has 2 N–H and O–H groups in total. The molecule has 0 aliphatic heterocycles. The van der Waals surface area contributed by atoms with Gasteiger partial charge < -0.3 is 10.6 Å². The van der Waals surface area contributed by atoms with Crippen LogP contribution in [0.25, 0.3) is 0 Å². The van der Waals surface area contributed by atoms with Crippen molar-refractivity contribution in [2.75, 3.05) is 17.2 Å². The van der Waals surface area contributed by atoms with Gasteiger partial charge in [0.1, 0.15) is 11.5 Å². The van der Waals surface area contributed by atoms with Gasteiger partial charge in [0.25, 0.3) is 5.69 Å². The molecule has 0 fully saturated rings. The summed E-state index contributed by atoms with van der Waals surface area (Å²) in [5.74, 6) is -0.0483. The van der Waals surface area contributed by atoms with Gasteiger partial charge in [0, 0.05) is 6.07 Å². The predicted molar refractivity (Wildman–Crippen MR) is 110 cm³/mol. The summed E-state index contributed by atoms with van der Waals surface area (Å²) < 4.78 is 14.6. The van der Waals surface area contributed by atoms with Crippen LogP contribution in [0.2, 0.25) is 0 Å². The molecule has 1 atom stereocenters. The highest BCUT2D eigenvalue weighted by Crippen LogP contribution is 2.24. The minimum absolute atomic E-state index is 0.0125. The van der Waals surface area contributed by atoms with E-state index in [0.29, 0.717) is 24.5 Å². The van der Waals surface area contributed by atoms with Crippen molar-refractivity contribution in [2.24, 2.45) is 0 Å². The molecule has 1 aromatic heterocycles. The number of para-hydroxylation sites is 2. The Morgan fingerprint density at radius 1 is 1.23 bits per heavy atom. The largest absolute Gasteiger partial charge is 0.370 e. The van der Waals surface area contributed by atoms with Crippen molar-refractivity contribution >= 4 is 23.0 Å². The number of benzene rings is 2. The fourth-order valence-electron chi connectivity index (χ4n) is 2.89. The van der Waals surface area contributed by atoms with E-state index in [9.17, 15) is 19.3 Å². The molecule has 3 aromatic rings. The number of hydrogen-bond acceptors (Lipinski definition) is 7. The van der Waals surface area contributed by atoms with Gasteiger partial charge in [-0.3, -0.25) is 14.9 Å². The molecule has 9 nitrogen and oxygen atoms in total. The molecule has 0 saturated carbocycles. The van der Waals surface area contributed by atoms with Gasteiger partial charge in [-0.05, 0) is 30.2 Å². The number of carbonyl (C=O) groups excluding carboxylic acids is 1. The molecule has 0 spiro atoms. The highest BCUT2D eigenvalue weighted by atomic mass is 19.1. The zero-order chi connectivity index (χ0) is 21.5. The van der Waals surface area contributed by atoms with Crippen LogP contribution in [0.3, 0.4) is 0 Å². The molecule has 30 heavy (non-hydrogen) atoms. The number of hydrogen-bond donors (Lipinski definition) is 2. The van der Waals surface area contributed by atoms with Crippen molar-refractivity contribution in [2.45, 2.75) is 25.9 Å². The average Bonchev–Trinajstić information content (AvgIpc) is 3.19. The SMILES string of the molecule is CCC(Nc1ccccc1[N+](=O)[O-])C(=O)CNc1cn(Cc2ccc(F)cc2)nn1. The molecule has 0 saturated heterocycles. The van der Waals surface area contributed by atoms with Gasteiger partial charge in [-0.15, -0.1) is 5.10 Å². The van der Waals surface area contributed by atoms with Crippen LogP contribution in [0.4, 0.5) is 21.6 Å². The second-order valence-corrected chi connectivity index (χ2v) is 6.63. The lowest BCUT2D eigenvalue weighted by atomic mass is 10.1. The van der Waals surface area contributed by atoms with Crippen LogP contribution >= 0.6 is 0 Å². The Morgan fingerprint density at radius 2 is 1.97 bits per heavy atom. The maximum atomic E-state index is 13.0. The third kappa shape index (κ3) is 5.37. The maximum absolute atomic E-state index is 13.0. The molecule has 0 radical (unpaired) electrons. The normalized spacial score (nSPS) is 11.7. The molecule has 1 unspecified atom stereocenters. The first-order valence-corrected chi connectivity index (χ1v) is 9.37. The molecule has 3 rings (SSSR count). The van der Waals surface area contributed by atoms with Crippen LogP contribution < -0.4 is 10.6 Å². The summed E-state index contributed by atoms with van der Waals surface area (Å²) in [6.45, 7) is 2.23. The van der Waals surface area contributed by atoms with E-state index in [2.05, 4.69) is 20.9 Å². The monoisotopic (exact) mass is 412 g/mol. The van der Waals surface area contributed by atoms with Crippen molar-refractivity contribution < 1.29 is 14.1 Å². The standard InChI is InChI=1S/C20H21FN6O3/c1-2-16(23-17-5-3-4-6-18(17)27(29)30)19(28)11-22-20-13-26(25-24-20)12-14-7-9-15(21)10-8-14/h3-10,13,16,22-23H,2,11-12H2,1H3. The van der Waals surface area contributed by atoms with Gasteiger partial charge in [-0.1, -0.05) is 36.4 Å². The van der Waals surface area contributed by atoms with Gasteiger partial charge in [-0.25, -0.2) is 9.07 Å². The molecule has 0 aliphatic rings. The highest BCUT2D eigenvalue weighted by molar-refractivity contribution is 5.90. The third-order valence-electron chi connectivity index (χ3n) is 4.47. The van der Waals surface area contributed by atoms with E-state index in [1.54, 1.807) is 41.2 Å². The Hall–Kier alpha value is -3.82. The molecule has 0 bridgehead atoms. The van der Waals surface area contributed by atoms with Crippen LogP contribution in [-0.2, 0) is 11.3 Å². The Bertz CT molecular complexity index is 1020. The van der Waals surface area contributed by atoms with Crippen LogP contribution in [0, 0.1) is 15.9 Å². The second-order valence-electron chi connectivity index (χ2n) is 6.63. The first-order chi connectivity index (χ1) is 14.5. The van der Waals surface area contributed by atoms with Crippen molar-refractivity contribution in [1.29, 1.82) is 0 Å². The average molecular weight is 412 g/mol. The summed E-state index contributed by atoms with van der Waals surface area (Å²) in [5, 5.41) is 25.0. The molecular weight excluding hydrogens is 391 g/mol. The number of aromatic nitrogens is 3. The second kappa shape index (κ2) is 9.59. The molecule has 156 valence electrons. The van der Waals surface area contributed by atoms with E-state index in [-0.39, 0.29) is 23.8 Å². The number of halogens is 1. The lowest BCUT2D eigenvalue weighted by molar-refractivity contribution is -0.384. The van der Waals surface area contributed by atoms with Gasteiger partial charge in [0.15, 0.2) is 11.6 Å². The smallest absolute Gasteiger partial charge is 0.292 e. The third-order valence-corrected chi connectivity index (χ3v) is 4.47. The summed E-state index contributed by atoms with van der Waals surface area (Å²) in [6, 6.07) is 11.7. The van der Waals surface area contributed by atoms with E-state index in [0.717, 1.165) is 5.56 Å². The van der Waals surface area contributed by atoms with E-state index in [1.807, 2.05) is 6.92 Å². The fraction of sp³-hybridized carbons (Fsp3) is 0.250. The number of Topliss-reactive ketones (excluding diaryl/α,β-unsaturated/α-hetero) is 1. The number of ketones is 1. The fourth-order valence-corrected chi connectivity index (χ4v) is 2.89. The predicted octanol–water partition coefficient (Wildman–Crippen LogP) is 3.25. The Balaban J connectivity index is 1.57. The lowest BCUT2D eigenvalue weighted by Gasteiger charge is -2.17. The number of carbonyl (C=O) groups is 1. The summed E-state index contributed by atoms with van der Waals surface area (Å²) in [7, 11) is 0. The van der Waals surface area contributed by atoms with E-state index >= 15 is 0 Å². The van der Waals surface area contributed by atoms with Crippen LogP contribution in [0.15, 0.2) is 54.7 Å². The first-order valence-electron chi connectivity index (χ1n) is 9.37. The first kappa shape index (κ1) is 20.9. The lowest BCUT2D eigenvalue weighted by Crippen LogP contribution is -2.33. The van der Waals surface area contributed by atoms with E-state index in [1.165, 1.54) is 18.2 Å². The Kier molecular flexibility index (Phi) is 6.68. The quantitative estimate of drug-likeness (QED) is 0.388. The summed E-state index contributed by atoms with van der Waals surface area (Å²) in [5.41, 5.74) is 1.08. The van der Waals surface area contributed by atoms with E-state index < -0.39 is 11.0 Å². The number of nitro groups is 1. The van der Waals surface area contributed by atoms with Gasteiger partial charge in [0.2, 0.25) is 0 Å². The topological polar surface area (TPSA) is 115 Å². The highest BCUT2D eigenvalue weighted by Gasteiger charge is 2.20. The van der Waals surface area contributed by atoms with Crippen molar-refractivity contribution in [3.05, 3.63) is 76.2 Å². The zero-order valence-corrected chi connectivity index (χ0v) is 16.3. The number of nitrogens with zero attached hydrogens (tertiary/aromatic N) is 4. The number of nitro benzene ring substituents is 1. The molecule has 10 heteroatoms. The van der Waals surface area contributed by atoms with Gasteiger partial charge in [0.05, 0.1) is 30.3 Å². The van der Waals surface area contributed by atoms with E-state index in [4.69, 9.17) is 0 Å².